The molecule has 10 heteroatoms. The number of benzene rings is 1. The van der Waals surface area contributed by atoms with Crippen molar-refractivity contribution in [3.63, 3.8) is 0 Å². The van der Waals surface area contributed by atoms with Gasteiger partial charge in [-0.05, 0) is 43.2 Å². The summed E-state index contributed by atoms with van der Waals surface area (Å²) in [6, 6.07) is 8.17. The maximum Gasteiger partial charge on any atom is 0.291 e. The van der Waals surface area contributed by atoms with E-state index in [-0.39, 0.29) is 23.8 Å². The van der Waals surface area contributed by atoms with E-state index in [0.29, 0.717) is 35.3 Å². The first-order chi connectivity index (χ1) is 14.4. The van der Waals surface area contributed by atoms with Crippen molar-refractivity contribution in [2.75, 3.05) is 18.4 Å². The summed E-state index contributed by atoms with van der Waals surface area (Å²) in [5.41, 5.74) is 2.09. The van der Waals surface area contributed by atoms with Crippen LogP contribution in [0.5, 0.6) is 0 Å². The van der Waals surface area contributed by atoms with Gasteiger partial charge in [0.15, 0.2) is 11.5 Å². The molecule has 3 N–H and O–H groups in total. The zero-order valence-corrected chi connectivity index (χ0v) is 17.1. The van der Waals surface area contributed by atoms with Crippen LogP contribution in [0.1, 0.15) is 19.8 Å². The van der Waals surface area contributed by atoms with Gasteiger partial charge in [0.05, 0.1) is 5.02 Å². The molecule has 0 atom stereocenters. The molecule has 8 nitrogen and oxygen atoms in total. The Bertz CT molecular complexity index is 1110. The number of likely N-dealkylation sites (tertiary alicyclic amines) is 1. The zero-order valence-electron chi connectivity index (χ0n) is 16.3. The van der Waals surface area contributed by atoms with Crippen molar-refractivity contribution >= 4 is 35.1 Å². The first kappa shape index (κ1) is 20.1. The number of pyridine rings is 1. The van der Waals surface area contributed by atoms with E-state index in [9.17, 15) is 4.39 Å². The number of hydrogen-bond acceptors (Lipinski definition) is 6. The van der Waals surface area contributed by atoms with Gasteiger partial charge in [0.25, 0.3) is 6.02 Å². The van der Waals surface area contributed by atoms with E-state index < -0.39 is 0 Å². The van der Waals surface area contributed by atoms with Gasteiger partial charge < -0.3 is 15.0 Å². The van der Waals surface area contributed by atoms with Gasteiger partial charge in [0, 0.05) is 43.4 Å². The zero-order chi connectivity index (χ0) is 21.3. The molecule has 1 aliphatic rings. The van der Waals surface area contributed by atoms with Crippen LogP contribution in [0.25, 0.3) is 16.8 Å². The summed E-state index contributed by atoms with van der Waals surface area (Å²) in [5, 5.41) is 23.4. The molecule has 2 aromatic heterocycles. The van der Waals surface area contributed by atoms with Crippen LogP contribution in [0.4, 0.5) is 10.3 Å². The second-order valence-corrected chi connectivity index (χ2v) is 7.53. The van der Waals surface area contributed by atoms with E-state index in [2.05, 4.69) is 15.4 Å². The lowest BCUT2D eigenvalue weighted by Gasteiger charge is -2.32. The summed E-state index contributed by atoms with van der Waals surface area (Å²) < 4.78 is 20.2. The van der Waals surface area contributed by atoms with Crippen molar-refractivity contribution in [3.8, 4) is 11.1 Å². The molecule has 1 saturated heterocycles. The van der Waals surface area contributed by atoms with Crippen LogP contribution in [-0.4, -0.2) is 50.5 Å². The highest BCUT2D eigenvalue weighted by Gasteiger charge is 2.23. The Kier molecular flexibility index (Phi) is 5.54. The lowest BCUT2D eigenvalue weighted by atomic mass is 10.1. The fourth-order valence-electron chi connectivity index (χ4n) is 3.50. The molecule has 1 aromatic carbocycles. The number of nitrogens with one attached hydrogen (secondary N) is 3. The second kappa shape index (κ2) is 8.27. The smallest absolute Gasteiger partial charge is 0.291 e. The molecule has 3 heterocycles. The molecule has 0 aliphatic carbocycles. The Hall–Kier alpha value is -3.20. The number of ether oxygens (including phenoxy) is 1. The van der Waals surface area contributed by atoms with Gasteiger partial charge in [0.2, 0.25) is 5.95 Å². The molecule has 4 rings (SSSR count). The number of amidine groups is 1. The summed E-state index contributed by atoms with van der Waals surface area (Å²) in [6.07, 6.45) is 3.37. The minimum atomic E-state index is -0.389. The Morgan fingerprint density at radius 1 is 1.23 bits per heavy atom. The van der Waals surface area contributed by atoms with Gasteiger partial charge in [-0.25, -0.2) is 8.91 Å². The molecule has 156 valence electrons. The third-order valence-corrected chi connectivity index (χ3v) is 5.26. The van der Waals surface area contributed by atoms with Crippen LogP contribution in [0.15, 0.2) is 36.5 Å². The van der Waals surface area contributed by atoms with Crippen molar-refractivity contribution in [3.05, 3.63) is 47.4 Å². The maximum absolute atomic E-state index is 13.4. The van der Waals surface area contributed by atoms with Gasteiger partial charge in [-0.15, -0.1) is 5.10 Å². The summed E-state index contributed by atoms with van der Waals surface area (Å²) in [7, 11) is 0. The number of hydrogen-bond donors (Lipinski definition) is 3. The van der Waals surface area contributed by atoms with Crippen LogP contribution < -0.4 is 5.32 Å². The predicted octanol–water partition coefficient (Wildman–Crippen LogP) is 4.01. The van der Waals surface area contributed by atoms with E-state index in [1.165, 1.54) is 19.1 Å². The minimum Gasteiger partial charge on any atom is -0.412 e. The maximum atomic E-state index is 13.4. The first-order valence-corrected chi connectivity index (χ1v) is 9.92. The highest BCUT2D eigenvalue weighted by Crippen LogP contribution is 2.31. The number of halogens is 2. The lowest BCUT2D eigenvalue weighted by molar-refractivity contribution is 0.272. The molecule has 1 aliphatic heterocycles. The molecule has 0 unspecified atom stereocenters. The van der Waals surface area contributed by atoms with Gasteiger partial charge in [-0.3, -0.25) is 10.8 Å². The average Bonchev–Trinajstić information content (AvgIpc) is 3.11. The van der Waals surface area contributed by atoms with Crippen molar-refractivity contribution in [2.24, 2.45) is 0 Å². The predicted molar refractivity (Wildman–Crippen MR) is 114 cm³/mol. The monoisotopic (exact) mass is 429 g/mol. The lowest BCUT2D eigenvalue weighted by Crippen LogP contribution is -2.43. The van der Waals surface area contributed by atoms with Crippen LogP contribution in [-0.2, 0) is 4.74 Å². The fraction of sp³-hybridized carbons (Fsp3) is 0.300. The summed E-state index contributed by atoms with van der Waals surface area (Å²) >= 11 is 6.24. The Balaban J connectivity index is 1.49. The van der Waals surface area contributed by atoms with Crippen LogP contribution in [0, 0.1) is 16.6 Å². The van der Waals surface area contributed by atoms with Gasteiger partial charge in [0.1, 0.15) is 5.82 Å². The SMILES string of the molecule is CC(=N)OC(=N)N1CCC(Nc2nc3c(-c4ccc(F)cc4Cl)cccn3n2)CC1. The topological polar surface area (TPSA) is 102 Å². The molecule has 0 spiro atoms. The molecule has 0 radical (unpaired) electrons. The number of piperidine rings is 1. The minimum absolute atomic E-state index is 0.00575. The normalized spacial score (nSPS) is 14.7. The van der Waals surface area contributed by atoms with Crippen LogP contribution in [0.3, 0.4) is 0 Å². The second-order valence-electron chi connectivity index (χ2n) is 7.12. The standard InChI is InChI=1S/C20H21ClFN7O/c1-12(23)30-19(24)28-9-6-14(7-10-28)25-20-26-18-16(3-2-8-29(18)27-20)15-5-4-13(22)11-17(15)21/h2-5,8,11,14,23-24H,6-7,9-10H2,1H3,(H,25,27). The number of nitrogens with zero attached hydrogens (tertiary/aromatic N) is 4. The summed E-state index contributed by atoms with van der Waals surface area (Å²) in [4.78, 5) is 6.43. The Morgan fingerprint density at radius 3 is 2.70 bits per heavy atom. The quantitative estimate of drug-likeness (QED) is 0.431. The average molecular weight is 430 g/mol. The van der Waals surface area contributed by atoms with Gasteiger partial charge >= 0.3 is 0 Å². The Labute approximate surface area is 177 Å². The van der Waals surface area contributed by atoms with Crippen LogP contribution in [0.2, 0.25) is 5.02 Å². The first-order valence-electron chi connectivity index (χ1n) is 9.54. The molecule has 30 heavy (non-hydrogen) atoms. The van der Waals surface area contributed by atoms with Crippen molar-refractivity contribution in [1.82, 2.24) is 19.5 Å². The molecular formula is C20H21ClFN7O. The van der Waals surface area contributed by atoms with Crippen molar-refractivity contribution < 1.29 is 9.13 Å². The van der Waals surface area contributed by atoms with Crippen molar-refractivity contribution in [1.29, 1.82) is 10.8 Å². The summed E-state index contributed by atoms with van der Waals surface area (Å²) in [6.45, 7) is 2.80. The number of anilines is 1. The van der Waals surface area contributed by atoms with E-state index in [1.54, 1.807) is 16.8 Å². The van der Waals surface area contributed by atoms with Crippen molar-refractivity contribution in [2.45, 2.75) is 25.8 Å². The highest BCUT2D eigenvalue weighted by molar-refractivity contribution is 6.33. The molecular weight excluding hydrogens is 409 g/mol. The molecule has 0 amide bonds. The third kappa shape index (κ3) is 4.20. The van der Waals surface area contributed by atoms with Crippen LogP contribution >= 0.6 is 11.6 Å². The van der Waals surface area contributed by atoms with Gasteiger partial charge in [-0.1, -0.05) is 11.6 Å². The van der Waals surface area contributed by atoms with E-state index >= 15 is 0 Å². The molecule has 1 fully saturated rings. The largest absolute Gasteiger partial charge is 0.412 e. The van der Waals surface area contributed by atoms with Gasteiger partial charge in [-0.2, -0.15) is 4.98 Å². The molecule has 0 bridgehead atoms. The molecule has 0 saturated carbocycles. The third-order valence-electron chi connectivity index (χ3n) is 4.95. The summed E-state index contributed by atoms with van der Waals surface area (Å²) in [5.74, 6) is 0.118. The number of aromatic nitrogens is 3. The number of fused-ring (bicyclic) bond motifs is 1. The fourth-order valence-corrected chi connectivity index (χ4v) is 3.77. The molecule has 3 aromatic rings. The van der Waals surface area contributed by atoms with E-state index in [4.69, 9.17) is 27.2 Å². The number of rotatable bonds is 3. The highest BCUT2D eigenvalue weighted by atomic mass is 35.5. The Morgan fingerprint density at radius 2 is 2.00 bits per heavy atom. The van der Waals surface area contributed by atoms with E-state index in [0.717, 1.165) is 18.4 Å². The van der Waals surface area contributed by atoms with E-state index in [1.807, 2.05) is 17.0 Å².